The Balaban J connectivity index is 1.62. The van der Waals surface area contributed by atoms with Crippen molar-refractivity contribution in [3.63, 3.8) is 0 Å². The van der Waals surface area contributed by atoms with E-state index in [0.717, 1.165) is 19.4 Å². The highest BCUT2D eigenvalue weighted by molar-refractivity contribution is 6.00. The van der Waals surface area contributed by atoms with Crippen LogP contribution in [0.3, 0.4) is 0 Å². The highest BCUT2D eigenvalue weighted by atomic mass is 19.3. The van der Waals surface area contributed by atoms with Crippen LogP contribution in [0.1, 0.15) is 43.0 Å². The largest absolute Gasteiger partial charge is 0.435 e. The molecule has 2 amide bonds. The van der Waals surface area contributed by atoms with E-state index in [9.17, 15) is 18.4 Å². The number of hydrogen-bond donors (Lipinski definition) is 1. The summed E-state index contributed by atoms with van der Waals surface area (Å²) >= 11 is 0. The lowest BCUT2D eigenvalue weighted by atomic mass is 9.94. The van der Waals surface area contributed by atoms with Crippen LogP contribution < -0.4 is 10.1 Å². The molecule has 6 nitrogen and oxygen atoms in total. The molecule has 1 saturated heterocycles. The maximum atomic E-state index is 13.2. The molecule has 1 fully saturated rings. The Morgan fingerprint density at radius 3 is 2.42 bits per heavy atom. The molecule has 0 aromatic heterocycles. The highest BCUT2D eigenvalue weighted by Crippen LogP contribution is 2.27. The minimum Gasteiger partial charge on any atom is -0.435 e. The van der Waals surface area contributed by atoms with Crippen LogP contribution in [0.25, 0.3) is 0 Å². The quantitative estimate of drug-likeness (QED) is 0.564. The van der Waals surface area contributed by atoms with Gasteiger partial charge in [0.2, 0.25) is 5.91 Å². The third-order valence-electron chi connectivity index (χ3n) is 5.87. The van der Waals surface area contributed by atoms with Crippen molar-refractivity contribution in [3.8, 4) is 5.75 Å². The number of nitrogens with one attached hydrogen (secondary N) is 1. The van der Waals surface area contributed by atoms with Crippen molar-refractivity contribution in [2.45, 2.75) is 39.2 Å². The van der Waals surface area contributed by atoms with Gasteiger partial charge in [-0.25, -0.2) is 0 Å². The molecular weight excluding hydrogens is 428 g/mol. The summed E-state index contributed by atoms with van der Waals surface area (Å²) in [5.41, 5.74) is 1.80. The van der Waals surface area contributed by atoms with E-state index in [-0.39, 0.29) is 23.5 Å². The number of para-hydroxylation sites is 1. The number of rotatable bonds is 9. The molecule has 0 unspecified atom stereocenters. The van der Waals surface area contributed by atoms with Crippen LogP contribution in [0.15, 0.2) is 48.5 Å². The van der Waals surface area contributed by atoms with Crippen molar-refractivity contribution in [1.29, 1.82) is 0 Å². The lowest BCUT2D eigenvalue weighted by Crippen LogP contribution is -2.43. The number of hydrogen-bond acceptors (Lipinski definition) is 4. The number of likely N-dealkylation sites (tertiary alicyclic amines) is 1. The van der Waals surface area contributed by atoms with Gasteiger partial charge >= 0.3 is 6.61 Å². The Morgan fingerprint density at radius 1 is 1.12 bits per heavy atom. The van der Waals surface area contributed by atoms with Crippen LogP contribution in [-0.2, 0) is 4.79 Å². The first-order chi connectivity index (χ1) is 15.9. The first-order valence-electron chi connectivity index (χ1n) is 11.3. The number of anilines is 2. The summed E-state index contributed by atoms with van der Waals surface area (Å²) in [5.74, 6) is 0.0915. The fraction of sp³-hybridized carbons (Fsp3) is 0.440. The van der Waals surface area contributed by atoms with Crippen LogP contribution in [0.4, 0.5) is 20.2 Å². The predicted octanol–water partition coefficient (Wildman–Crippen LogP) is 5.14. The number of carbonyl (C=O) groups excluding carboxylic acids is 2. The lowest BCUT2D eigenvalue weighted by molar-refractivity contribution is -0.135. The molecule has 1 heterocycles. The van der Waals surface area contributed by atoms with E-state index in [2.05, 4.69) is 17.0 Å². The van der Waals surface area contributed by atoms with Gasteiger partial charge in [0.05, 0.1) is 11.3 Å². The Morgan fingerprint density at radius 2 is 1.79 bits per heavy atom. The van der Waals surface area contributed by atoms with Crippen molar-refractivity contribution in [2.24, 2.45) is 5.92 Å². The highest BCUT2D eigenvalue weighted by Gasteiger charge is 2.30. The molecule has 2 aromatic carbocycles. The molecule has 1 N–H and O–H groups in total. The summed E-state index contributed by atoms with van der Waals surface area (Å²) in [6, 6.07) is 13.3. The van der Waals surface area contributed by atoms with Gasteiger partial charge in [-0.05, 0) is 55.7 Å². The average Bonchev–Trinajstić information content (AvgIpc) is 2.83. The molecular formula is C25H31F2N3O3. The van der Waals surface area contributed by atoms with Gasteiger partial charge in [0.1, 0.15) is 5.75 Å². The summed E-state index contributed by atoms with van der Waals surface area (Å²) in [6.07, 6.45) is 3.35. The van der Waals surface area contributed by atoms with Crippen LogP contribution >= 0.6 is 0 Å². The van der Waals surface area contributed by atoms with Crippen LogP contribution in [0.2, 0.25) is 0 Å². The number of piperidine rings is 1. The Hall–Kier alpha value is -3.16. The van der Waals surface area contributed by atoms with Crippen LogP contribution in [0.5, 0.6) is 5.75 Å². The zero-order valence-corrected chi connectivity index (χ0v) is 19.1. The molecule has 2 aromatic rings. The number of alkyl halides is 2. The SMILES string of the molecule is CCCCN(C)C(=O)C1CCN(C(=O)c2ccccc2Nc2ccc(OC(F)F)cc2)CC1. The number of nitrogens with zero attached hydrogens (tertiary/aromatic N) is 2. The van der Waals surface area contributed by atoms with Gasteiger partial charge in [0, 0.05) is 38.3 Å². The Kier molecular flexibility index (Phi) is 8.63. The zero-order valence-electron chi connectivity index (χ0n) is 19.1. The van der Waals surface area contributed by atoms with E-state index in [1.807, 2.05) is 18.0 Å². The maximum Gasteiger partial charge on any atom is 0.387 e. The smallest absolute Gasteiger partial charge is 0.387 e. The summed E-state index contributed by atoms with van der Waals surface area (Å²) in [4.78, 5) is 29.5. The number of ether oxygens (including phenoxy) is 1. The fourth-order valence-electron chi connectivity index (χ4n) is 3.97. The van der Waals surface area contributed by atoms with Gasteiger partial charge in [-0.3, -0.25) is 9.59 Å². The second-order valence-electron chi connectivity index (χ2n) is 8.25. The summed E-state index contributed by atoms with van der Waals surface area (Å²) in [6.45, 7) is 1.06. The van der Waals surface area contributed by atoms with Crippen molar-refractivity contribution < 1.29 is 23.1 Å². The summed E-state index contributed by atoms with van der Waals surface area (Å²) < 4.78 is 29.1. The molecule has 178 valence electrons. The van der Waals surface area contributed by atoms with E-state index in [1.165, 1.54) is 12.1 Å². The lowest BCUT2D eigenvalue weighted by Gasteiger charge is -2.33. The molecule has 33 heavy (non-hydrogen) atoms. The van der Waals surface area contributed by atoms with Crippen LogP contribution in [-0.4, -0.2) is 54.9 Å². The van der Waals surface area contributed by atoms with Gasteiger partial charge in [0.15, 0.2) is 0 Å². The van der Waals surface area contributed by atoms with Gasteiger partial charge < -0.3 is 19.9 Å². The number of unbranched alkanes of at least 4 members (excludes halogenated alkanes) is 1. The number of benzene rings is 2. The maximum absolute atomic E-state index is 13.2. The molecule has 0 spiro atoms. The molecule has 1 aliphatic rings. The summed E-state index contributed by atoms with van der Waals surface area (Å²) in [5, 5.41) is 3.18. The normalized spacial score (nSPS) is 14.3. The average molecular weight is 460 g/mol. The van der Waals surface area contributed by atoms with Gasteiger partial charge in [-0.2, -0.15) is 8.78 Å². The number of carbonyl (C=O) groups is 2. The van der Waals surface area contributed by atoms with E-state index in [0.29, 0.717) is 42.9 Å². The van der Waals surface area contributed by atoms with Gasteiger partial charge in [-0.15, -0.1) is 0 Å². The van der Waals surface area contributed by atoms with Gasteiger partial charge in [-0.1, -0.05) is 25.5 Å². The molecule has 0 radical (unpaired) electrons. The van der Waals surface area contributed by atoms with E-state index in [1.54, 1.807) is 35.2 Å². The van der Waals surface area contributed by atoms with E-state index < -0.39 is 6.61 Å². The number of amides is 2. The second-order valence-corrected chi connectivity index (χ2v) is 8.25. The van der Waals surface area contributed by atoms with Crippen molar-refractivity contribution in [2.75, 3.05) is 32.0 Å². The second kappa shape index (κ2) is 11.6. The molecule has 0 saturated carbocycles. The first-order valence-corrected chi connectivity index (χ1v) is 11.3. The number of halogens is 2. The fourth-order valence-corrected chi connectivity index (χ4v) is 3.97. The molecule has 0 aliphatic carbocycles. The van der Waals surface area contributed by atoms with Crippen molar-refractivity contribution in [1.82, 2.24) is 9.80 Å². The van der Waals surface area contributed by atoms with E-state index >= 15 is 0 Å². The van der Waals surface area contributed by atoms with Crippen LogP contribution in [0, 0.1) is 5.92 Å². The van der Waals surface area contributed by atoms with E-state index in [4.69, 9.17) is 0 Å². The van der Waals surface area contributed by atoms with Crippen molar-refractivity contribution in [3.05, 3.63) is 54.1 Å². The standard InChI is InChI=1S/C25H31F2N3O3/c1-3-4-15-29(2)23(31)18-13-16-30(17-14-18)24(32)21-7-5-6-8-22(21)28-19-9-11-20(12-10-19)33-25(26)27/h5-12,18,25,28H,3-4,13-17H2,1-2H3. The Bertz CT molecular complexity index is 929. The first kappa shape index (κ1) is 24.5. The topological polar surface area (TPSA) is 61.9 Å². The molecule has 3 rings (SSSR count). The van der Waals surface area contributed by atoms with Gasteiger partial charge in [0.25, 0.3) is 5.91 Å². The molecule has 0 atom stereocenters. The minimum absolute atomic E-state index is 0.0433. The Labute approximate surface area is 193 Å². The minimum atomic E-state index is -2.88. The molecule has 8 heteroatoms. The van der Waals surface area contributed by atoms with Crippen molar-refractivity contribution >= 4 is 23.2 Å². The monoisotopic (exact) mass is 459 g/mol. The molecule has 1 aliphatic heterocycles. The summed E-state index contributed by atoms with van der Waals surface area (Å²) in [7, 11) is 1.85. The zero-order chi connectivity index (χ0) is 23.8. The third-order valence-corrected chi connectivity index (χ3v) is 5.87. The third kappa shape index (κ3) is 6.66. The predicted molar refractivity (Wildman–Crippen MR) is 124 cm³/mol. The molecule has 0 bridgehead atoms.